The van der Waals surface area contributed by atoms with Gasteiger partial charge in [0.05, 0.1) is 17.1 Å². The van der Waals surface area contributed by atoms with Crippen molar-refractivity contribution in [3.8, 4) is 0 Å². The number of nitrogens with zero attached hydrogens (tertiary/aromatic N) is 3. The molecular formula is C17H22N4OS. The van der Waals surface area contributed by atoms with E-state index in [-0.39, 0.29) is 11.9 Å². The molecule has 6 heteroatoms. The molecule has 1 aliphatic heterocycles. The van der Waals surface area contributed by atoms with E-state index in [4.69, 9.17) is 0 Å². The molecule has 23 heavy (non-hydrogen) atoms. The molecule has 1 amide bonds. The number of amides is 1. The third-order valence-corrected chi connectivity index (χ3v) is 5.15. The zero-order chi connectivity index (χ0) is 16.2. The summed E-state index contributed by atoms with van der Waals surface area (Å²) in [6.45, 7) is 5.76. The number of hydrogen-bond donors (Lipinski definition) is 1. The minimum absolute atomic E-state index is 0.0876. The number of anilines is 1. The monoisotopic (exact) mass is 330 g/mol. The van der Waals surface area contributed by atoms with Crippen LogP contribution in [-0.2, 0) is 11.2 Å². The third kappa shape index (κ3) is 4.07. The van der Waals surface area contributed by atoms with Crippen LogP contribution in [0.15, 0.2) is 24.4 Å². The van der Waals surface area contributed by atoms with Gasteiger partial charge in [-0.2, -0.15) is 0 Å². The lowest BCUT2D eigenvalue weighted by Gasteiger charge is -2.34. The van der Waals surface area contributed by atoms with Gasteiger partial charge in [-0.15, -0.1) is 11.3 Å². The second-order valence-corrected chi connectivity index (χ2v) is 7.25. The number of aryl methyl sites for hydroxylation is 2. The Hall–Kier alpha value is -1.95. The fourth-order valence-corrected chi connectivity index (χ4v) is 3.94. The molecule has 3 rings (SSSR count). The van der Waals surface area contributed by atoms with Crippen molar-refractivity contribution in [2.24, 2.45) is 0 Å². The van der Waals surface area contributed by atoms with Gasteiger partial charge in [0, 0.05) is 30.2 Å². The van der Waals surface area contributed by atoms with Crippen LogP contribution in [0.2, 0.25) is 0 Å². The van der Waals surface area contributed by atoms with Crippen LogP contribution >= 0.6 is 11.3 Å². The SMILES string of the molecule is Cc1nc(C)c(CC(=O)N[C@@H]2CCCN(c3ccccn3)C2)s1. The second-order valence-electron chi connectivity index (χ2n) is 5.96. The van der Waals surface area contributed by atoms with Crippen molar-refractivity contribution in [2.75, 3.05) is 18.0 Å². The van der Waals surface area contributed by atoms with Crippen molar-refractivity contribution in [1.82, 2.24) is 15.3 Å². The lowest BCUT2D eigenvalue weighted by molar-refractivity contribution is -0.121. The zero-order valence-electron chi connectivity index (χ0n) is 13.6. The van der Waals surface area contributed by atoms with E-state index in [9.17, 15) is 4.79 Å². The molecule has 2 aromatic heterocycles. The largest absolute Gasteiger partial charge is 0.355 e. The highest BCUT2D eigenvalue weighted by Gasteiger charge is 2.22. The minimum atomic E-state index is 0.0876. The highest BCUT2D eigenvalue weighted by Crippen LogP contribution is 2.19. The number of carbonyl (C=O) groups excluding carboxylic acids is 1. The highest BCUT2D eigenvalue weighted by atomic mass is 32.1. The van der Waals surface area contributed by atoms with Crippen LogP contribution in [0.1, 0.15) is 28.4 Å². The molecule has 0 radical (unpaired) electrons. The van der Waals surface area contributed by atoms with Crippen LogP contribution in [0, 0.1) is 13.8 Å². The second kappa shape index (κ2) is 7.08. The van der Waals surface area contributed by atoms with E-state index in [0.717, 1.165) is 47.3 Å². The molecule has 5 nitrogen and oxygen atoms in total. The number of rotatable bonds is 4. The zero-order valence-corrected chi connectivity index (χ0v) is 14.4. The molecule has 1 aliphatic rings. The van der Waals surface area contributed by atoms with Crippen LogP contribution in [0.5, 0.6) is 0 Å². The maximum Gasteiger partial charge on any atom is 0.225 e. The molecular weight excluding hydrogens is 308 g/mol. The first-order valence-electron chi connectivity index (χ1n) is 8.00. The quantitative estimate of drug-likeness (QED) is 0.936. The molecule has 0 unspecified atom stereocenters. The smallest absolute Gasteiger partial charge is 0.225 e. The molecule has 0 saturated carbocycles. The summed E-state index contributed by atoms with van der Waals surface area (Å²) in [5, 5.41) is 4.19. The van der Waals surface area contributed by atoms with Crippen molar-refractivity contribution in [2.45, 2.75) is 39.2 Å². The summed E-state index contributed by atoms with van der Waals surface area (Å²) >= 11 is 1.61. The predicted octanol–water partition coefficient (Wildman–Crippen LogP) is 2.48. The Morgan fingerprint density at radius 3 is 3.00 bits per heavy atom. The Kier molecular flexibility index (Phi) is 4.91. The Labute approximate surface area is 140 Å². The summed E-state index contributed by atoms with van der Waals surface area (Å²) in [6.07, 6.45) is 4.33. The molecule has 1 fully saturated rings. The summed E-state index contributed by atoms with van der Waals surface area (Å²) < 4.78 is 0. The van der Waals surface area contributed by atoms with Gasteiger partial charge in [0.15, 0.2) is 0 Å². The average molecular weight is 330 g/mol. The van der Waals surface area contributed by atoms with E-state index in [1.54, 1.807) is 11.3 Å². The molecule has 1 N–H and O–H groups in total. The van der Waals surface area contributed by atoms with Crippen molar-refractivity contribution >= 4 is 23.1 Å². The normalized spacial score (nSPS) is 18.0. The summed E-state index contributed by atoms with van der Waals surface area (Å²) in [5.41, 5.74) is 0.974. The van der Waals surface area contributed by atoms with Gasteiger partial charge in [0.1, 0.15) is 5.82 Å². The van der Waals surface area contributed by atoms with E-state index in [1.165, 1.54) is 0 Å². The van der Waals surface area contributed by atoms with E-state index < -0.39 is 0 Å². The number of hydrogen-bond acceptors (Lipinski definition) is 5. The van der Waals surface area contributed by atoms with Crippen LogP contribution in [-0.4, -0.2) is 35.0 Å². The van der Waals surface area contributed by atoms with Gasteiger partial charge in [-0.05, 0) is 38.8 Å². The van der Waals surface area contributed by atoms with Gasteiger partial charge in [0.25, 0.3) is 0 Å². The third-order valence-electron chi connectivity index (χ3n) is 4.08. The number of thiazole rings is 1. The Bertz CT molecular complexity index is 670. The summed E-state index contributed by atoms with van der Waals surface area (Å²) in [6, 6.07) is 6.13. The Balaban J connectivity index is 1.57. The molecule has 0 aliphatic carbocycles. The molecule has 3 heterocycles. The van der Waals surface area contributed by atoms with E-state index in [0.29, 0.717) is 6.42 Å². The average Bonchev–Trinajstić information content (AvgIpc) is 2.86. The van der Waals surface area contributed by atoms with Crippen LogP contribution in [0.4, 0.5) is 5.82 Å². The van der Waals surface area contributed by atoms with E-state index >= 15 is 0 Å². The lowest BCUT2D eigenvalue weighted by atomic mass is 10.1. The molecule has 0 aromatic carbocycles. The molecule has 1 atom stereocenters. The maximum atomic E-state index is 12.3. The molecule has 2 aromatic rings. The van der Waals surface area contributed by atoms with Gasteiger partial charge < -0.3 is 10.2 Å². The van der Waals surface area contributed by atoms with Gasteiger partial charge in [-0.25, -0.2) is 9.97 Å². The first kappa shape index (κ1) is 15.9. The maximum absolute atomic E-state index is 12.3. The van der Waals surface area contributed by atoms with Gasteiger partial charge in [0.2, 0.25) is 5.91 Å². The van der Waals surface area contributed by atoms with Crippen molar-refractivity contribution in [1.29, 1.82) is 0 Å². The Morgan fingerprint density at radius 2 is 2.30 bits per heavy atom. The predicted molar refractivity (Wildman–Crippen MR) is 92.9 cm³/mol. The van der Waals surface area contributed by atoms with E-state index in [1.807, 2.05) is 38.2 Å². The van der Waals surface area contributed by atoms with Crippen LogP contribution < -0.4 is 10.2 Å². The number of carbonyl (C=O) groups is 1. The highest BCUT2D eigenvalue weighted by molar-refractivity contribution is 7.11. The first-order chi connectivity index (χ1) is 11.1. The number of aromatic nitrogens is 2. The van der Waals surface area contributed by atoms with Crippen molar-refractivity contribution < 1.29 is 4.79 Å². The number of pyridine rings is 1. The van der Waals surface area contributed by atoms with Gasteiger partial charge in [-0.1, -0.05) is 6.07 Å². The minimum Gasteiger partial charge on any atom is -0.355 e. The fourth-order valence-electron chi connectivity index (χ4n) is 3.01. The van der Waals surface area contributed by atoms with Crippen LogP contribution in [0.3, 0.4) is 0 Å². The summed E-state index contributed by atoms with van der Waals surface area (Å²) in [4.78, 5) is 24.4. The topological polar surface area (TPSA) is 58.1 Å². The lowest BCUT2D eigenvalue weighted by Crippen LogP contribution is -2.48. The number of nitrogens with one attached hydrogen (secondary N) is 1. The standard InChI is InChI=1S/C17H22N4OS/c1-12-15(23-13(2)19-12)10-17(22)20-14-6-5-9-21(11-14)16-7-3-4-8-18-16/h3-4,7-8,14H,5-6,9-11H2,1-2H3,(H,20,22)/t14-/m1/s1. The van der Waals surface area contributed by atoms with Gasteiger partial charge >= 0.3 is 0 Å². The molecule has 0 spiro atoms. The Morgan fingerprint density at radius 1 is 1.43 bits per heavy atom. The molecule has 0 bridgehead atoms. The summed E-state index contributed by atoms with van der Waals surface area (Å²) in [5.74, 6) is 1.07. The van der Waals surface area contributed by atoms with Crippen molar-refractivity contribution in [3.05, 3.63) is 40.0 Å². The molecule has 122 valence electrons. The van der Waals surface area contributed by atoms with E-state index in [2.05, 4.69) is 20.2 Å². The van der Waals surface area contributed by atoms with Crippen LogP contribution in [0.25, 0.3) is 0 Å². The first-order valence-corrected chi connectivity index (χ1v) is 8.81. The number of piperidine rings is 1. The molecule has 1 saturated heterocycles. The van der Waals surface area contributed by atoms with Gasteiger partial charge in [-0.3, -0.25) is 4.79 Å². The summed E-state index contributed by atoms with van der Waals surface area (Å²) in [7, 11) is 0. The van der Waals surface area contributed by atoms with Crippen molar-refractivity contribution in [3.63, 3.8) is 0 Å². The fraction of sp³-hybridized carbons (Fsp3) is 0.471.